The summed E-state index contributed by atoms with van der Waals surface area (Å²) < 4.78 is 11.3. The van der Waals surface area contributed by atoms with Gasteiger partial charge in [-0.25, -0.2) is 10.6 Å². The van der Waals surface area contributed by atoms with Gasteiger partial charge in [-0.3, -0.25) is 4.90 Å². The average Bonchev–Trinajstić information content (AvgIpc) is 3.24. The molecule has 1 atom stereocenters. The van der Waals surface area contributed by atoms with E-state index in [2.05, 4.69) is 16.8 Å². The molecule has 0 aliphatic carbocycles. The predicted molar refractivity (Wildman–Crippen MR) is 141 cm³/mol. The van der Waals surface area contributed by atoms with E-state index in [0.29, 0.717) is 31.1 Å². The molecule has 0 radical (unpaired) electrons. The van der Waals surface area contributed by atoms with E-state index < -0.39 is 6.09 Å². The van der Waals surface area contributed by atoms with Gasteiger partial charge in [-0.1, -0.05) is 29.7 Å². The summed E-state index contributed by atoms with van der Waals surface area (Å²) in [4.78, 5) is 18.3. The van der Waals surface area contributed by atoms with Gasteiger partial charge in [0.1, 0.15) is 11.8 Å². The van der Waals surface area contributed by atoms with Gasteiger partial charge in [0, 0.05) is 53.5 Å². The molecule has 2 aromatic carbocycles. The van der Waals surface area contributed by atoms with Crippen molar-refractivity contribution < 1.29 is 14.3 Å². The van der Waals surface area contributed by atoms with Crippen molar-refractivity contribution in [3.05, 3.63) is 76.7 Å². The smallest absolute Gasteiger partial charge is 0.411 e. The van der Waals surface area contributed by atoms with Crippen LogP contribution in [0.5, 0.6) is 5.75 Å². The largest absolute Gasteiger partial charge is 0.494 e. The van der Waals surface area contributed by atoms with Crippen molar-refractivity contribution in [2.75, 3.05) is 26.3 Å². The van der Waals surface area contributed by atoms with Crippen LogP contribution in [0.15, 0.2) is 54.9 Å². The molecule has 2 heterocycles. The minimum atomic E-state index is -0.400. The lowest BCUT2D eigenvalue weighted by molar-refractivity contribution is 0.0993. The van der Waals surface area contributed by atoms with Crippen molar-refractivity contribution in [3.8, 4) is 17.6 Å². The summed E-state index contributed by atoms with van der Waals surface area (Å²) >= 11 is 6.28. The normalized spacial score (nSPS) is 14.9. The van der Waals surface area contributed by atoms with Gasteiger partial charge in [0.25, 0.3) is 0 Å². The van der Waals surface area contributed by atoms with Gasteiger partial charge in [-0.05, 0) is 54.8 Å². The summed E-state index contributed by atoms with van der Waals surface area (Å²) in [6, 6.07) is 13.2. The van der Waals surface area contributed by atoms with Crippen LogP contribution in [0, 0.1) is 11.8 Å². The molecule has 1 unspecified atom stereocenters. The fourth-order valence-corrected chi connectivity index (χ4v) is 4.60. The summed E-state index contributed by atoms with van der Waals surface area (Å²) in [6.45, 7) is 3.42. The summed E-state index contributed by atoms with van der Waals surface area (Å²) in [5.74, 6) is 12.0. The van der Waals surface area contributed by atoms with Gasteiger partial charge in [0.15, 0.2) is 6.61 Å². The third-order valence-corrected chi connectivity index (χ3v) is 6.31. The number of aromatic nitrogens is 1. The maximum absolute atomic E-state index is 13.0. The topological polar surface area (TPSA) is 110 Å². The van der Waals surface area contributed by atoms with E-state index in [1.807, 2.05) is 42.5 Å². The number of halogens is 1. The number of benzene rings is 2. The number of amides is 1. The van der Waals surface area contributed by atoms with Gasteiger partial charge in [0.05, 0.1) is 6.61 Å². The number of H-pyrrole nitrogens is 1. The van der Waals surface area contributed by atoms with Gasteiger partial charge >= 0.3 is 6.09 Å². The second kappa shape index (κ2) is 11.8. The van der Waals surface area contributed by atoms with Crippen LogP contribution in [0.2, 0.25) is 5.02 Å². The first-order chi connectivity index (χ1) is 17.5. The summed E-state index contributed by atoms with van der Waals surface area (Å²) in [5, 5.41) is 3.27. The number of hydrazine groups is 1. The monoisotopic (exact) mass is 507 g/mol. The van der Waals surface area contributed by atoms with Crippen LogP contribution in [0.25, 0.3) is 10.9 Å². The molecule has 8 nitrogen and oxygen atoms in total. The van der Waals surface area contributed by atoms with E-state index in [9.17, 15) is 4.79 Å². The Hall–Kier alpha value is -3.80. The third kappa shape index (κ3) is 5.70. The van der Waals surface area contributed by atoms with Crippen molar-refractivity contribution in [2.45, 2.75) is 25.8 Å². The quantitative estimate of drug-likeness (QED) is 0.181. The molecule has 1 aliphatic rings. The molecular weight excluding hydrogens is 478 g/mol. The van der Waals surface area contributed by atoms with E-state index in [1.165, 1.54) is 11.2 Å². The van der Waals surface area contributed by atoms with E-state index in [1.54, 1.807) is 18.0 Å². The summed E-state index contributed by atoms with van der Waals surface area (Å²) in [6.07, 6.45) is 4.04. The second-order valence-corrected chi connectivity index (χ2v) is 8.82. The zero-order chi connectivity index (χ0) is 25.5. The van der Waals surface area contributed by atoms with Crippen molar-refractivity contribution >= 4 is 28.6 Å². The van der Waals surface area contributed by atoms with E-state index in [4.69, 9.17) is 32.7 Å². The Bertz CT molecular complexity index is 1290. The van der Waals surface area contributed by atoms with Crippen LogP contribution in [-0.4, -0.2) is 47.3 Å². The Kier molecular flexibility index (Phi) is 8.26. The maximum Gasteiger partial charge on any atom is 0.411 e. The van der Waals surface area contributed by atoms with Crippen LogP contribution >= 0.6 is 11.6 Å². The number of fused-ring (bicyclic) bond motifs is 3. The molecule has 0 bridgehead atoms. The van der Waals surface area contributed by atoms with E-state index in [0.717, 1.165) is 39.9 Å². The zero-order valence-electron chi connectivity index (χ0n) is 20.2. The first kappa shape index (κ1) is 25.3. The molecular formula is C27H30ClN5O3. The minimum Gasteiger partial charge on any atom is -0.494 e. The highest BCUT2D eigenvalue weighted by Gasteiger charge is 2.35. The first-order valence-electron chi connectivity index (χ1n) is 11.8. The molecule has 0 saturated heterocycles. The molecule has 4 rings (SSSR count). The molecule has 3 aromatic rings. The van der Waals surface area contributed by atoms with Gasteiger partial charge < -0.3 is 25.2 Å². The standard InChI is InChI=1S/C27H30ClN5O3/c1-2-3-16-36-27(34)33-14-11-22-23-18-20(28)7-10-24(23)31-25(22)26(33)19-5-8-21(9-6-19)35-17-4-13-32(30)15-12-29/h5-10,12,15,18,26,31H,4,11,13-14,16-17,29-30H2,1H3/b15-12-. The molecule has 5 N–H and O–H groups in total. The van der Waals surface area contributed by atoms with Crippen LogP contribution in [0.1, 0.15) is 36.2 Å². The Morgan fingerprint density at radius 1 is 1.31 bits per heavy atom. The molecule has 188 valence electrons. The Balaban J connectivity index is 1.57. The van der Waals surface area contributed by atoms with Gasteiger partial charge in [-0.2, -0.15) is 0 Å². The number of nitrogens with two attached hydrogens (primary N) is 2. The van der Waals surface area contributed by atoms with Gasteiger partial charge in [-0.15, -0.1) is 5.92 Å². The number of rotatable bonds is 8. The molecule has 9 heteroatoms. The number of nitrogens with zero attached hydrogens (tertiary/aromatic N) is 2. The van der Waals surface area contributed by atoms with Crippen LogP contribution in [-0.2, 0) is 11.2 Å². The number of aromatic amines is 1. The minimum absolute atomic E-state index is 0.0573. The van der Waals surface area contributed by atoms with Crippen molar-refractivity contribution in [3.63, 3.8) is 0 Å². The highest BCUT2D eigenvalue weighted by Crippen LogP contribution is 2.39. The first-order valence-corrected chi connectivity index (χ1v) is 12.1. The SMILES string of the molecule is CC#CCOC(=O)N1CCc2c([nH]c3ccc(Cl)cc23)C1c1ccc(OCCCN(N)/C=C\N)cc1. The Morgan fingerprint density at radius 2 is 2.11 bits per heavy atom. The molecule has 1 aromatic heterocycles. The van der Waals surface area contributed by atoms with Crippen molar-refractivity contribution in [2.24, 2.45) is 11.6 Å². The average molecular weight is 508 g/mol. The Morgan fingerprint density at radius 3 is 2.86 bits per heavy atom. The van der Waals surface area contributed by atoms with Gasteiger partial charge in [0.2, 0.25) is 0 Å². The predicted octanol–water partition coefficient (Wildman–Crippen LogP) is 4.30. The fourth-order valence-electron chi connectivity index (χ4n) is 4.43. The van der Waals surface area contributed by atoms with E-state index in [-0.39, 0.29) is 12.6 Å². The van der Waals surface area contributed by atoms with Crippen molar-refractivity contribution in [1.82, 2.24) is 14.9 Å². The second-order valence-electron chi connectivity index (χ2n) is 8.38. The number of nitrogens with one attached hydrogen (secondary N) is 1. The fraction of sp³-hybridized carbons (Fsp3) is 0.296. The highest BCUT2D eigenvalue weighted by atomic mass is 35.5. The molecule has 0 fully saturated rings. The zero-order valence-corrected chi connectivity index (χ0v) is 20.9. The molecule has 0 spiro atoms. The number of hydrogen-bond acceptors (Lipinski definition) is 6. The molecule has 36 heavy (non-hydrogen) atoms. The van der Waals surface area contributed by atoms with Crippen LogP contribution in [0.4, 0.5) is 4.79 Å². The number of carbonyl (C=O) groups excluding carboxylic acids is 1. The lowest BCUT2D eigenvalue weighted by Gasteiger charge is -2.35. The molecule has 1 amide bonds. The number of hydrogen-bond donors (Lipinski definition) is 3. The summed E-state index contributed by atoms with van der Waals surface area (Å²) in [5.41, 5.74) is 9.39. The Labute approximate surface area is 215 Å². The van der Waals surface area contributed by atoms with Crippen LogP contribution < -0.4 is 16.3 Å². The third-order valence-electron chi connectivity index (χ3n) is 6.07. The van der Waals surface area contributed by atoms with E-state index >= 15 is 0 Å². The maximum atomic E-state index is 13.0. The lowest BCUT2D eigenvalue weighted by atomic mass is 9.92. The summed E-state index contributed by atoms with van der Waals surface area (Å²) in [7, 11) is 0. The molecule has 1 aliphatic heterocycles. The van der Waals surface area contributed by atoms with Crippen molar-refractivity contribution in [1.29, 1.82) is 0 Å². The number of ether oxygens (including phenoxy) is 2. The number of carbonyl (C=O) groups is 1. The highest BCUT2D eigenvalue weighted by molar-refractivity contribution is 6.31. The lowest BCUT2D eigenvalue weighted by Crippen LogP contribution is -2.41. The van der Waals surface area contributed by atoms with Crippen LogP contribution in [0.3, 0.4) is 0 Å². The molecule has 0 saturated carbocycles.